The Morgan fingerprint density at radius 2 is 1.91 bits per heavy atom. The van der Waals surface area contributed by atoms with Crippen molar-refractivity contribution in [1.82, 2.24) is 14.9 Å². The molecule has 2 heterocycles. The monoisotopic (exact) mass is 314 g/mol. The standard InChI is InChI=1S/C16H20N4.CH2O2/c1-13-17-9-8-16(18-13)20-11-10-19(2)15(12-20)14-6-4-3-5-7-14;2-1-3/h3-9,15H,10-12H2,1-2H3;1H,(H,2,3). The third kappa shape index (κ3) is 4.50. The summed E-state index contributed by atoms with van der Waals surface area (Å²) in [6.45, 7) is 4.71. The first-order chi connectivity index (χ1) is 11.2. The normalized spacial score (nSPS) is 18.0. The van der Waals surface area contributed by atoms with Gasteiger partial charge in [-0.15, -0.1) is 0 Å². The number of benzene rings is 1. The number of nitrogens with zero attached hydrogens (tertiary/aromatic N) is 4. The molecule has 6 nitrogen and oxygen atoms in total. The Morgan fingerprint density at radius 3 is 2.57 bits per heavy atom. The minimum atomic E-state index is -0.250. The summed E-state index contributed by atoms with van der Waals surface area (Å²) in [5.41, 5.74) is 1.37. The molecule has 0 spiro atoms. The maximum Gasteiger partial charge on any atom is 0.290 e. The number of hydrogen-bond donors (Lipinski definition) is 1. The highest BCUT2D eigenvalue weighted by molar-refractivity contribution is 5.39. The van der Waals surface area contributed by atoms with Gasteiger partial charge < -0.3 is 10.0 Å². The summed E-state index contributed by atoms with van der Waals surface area (Å²) in [4.78, 5) is 21.9. The second-order valence-electron chi connectivity index (χ2n) is 5.42. The van der Waals surface area contributed by atoms with Gasteiger partial charge in [-0.25, -0.2) is 9.97 Å². The molecule has 1 fully saturated rings. The zero-order valence-corrected chi connectivity index (χ0v) is 13.5. The number of aryl methyl sites for hydroxylation is 1. The predicted octanol–water partition coefficient (Wildman–Crippen LogP) is 1.98. The largest absolute Gasteiger partial charge is 0.483 e. The van der Waals surface area contributed by atoms with Gasteiger partial charge in [-0.05, 0) is 25.6 Å². The smallest absolute Gasteiger partial charge is 0.290 e. The van der Waals surface area contributed by atoms with Crippen LogP contribution in [-0.2, 0) is 4.79 Å². The van der Waals surface area contributed by atoms with Gasteiger partial charge in [-0.3, -0.25) is 9.69 Å². The van der Waals surface area contributed by atoms with Gasteiger partial charge in [-0.2, -0.15) is 0 Å². The van der Waals surface area contributed by atoms with Crippen LogP contribution in [0.25, 0.3) is 0 Å². The number of hydrogen-bond acceptors (Lipinski definition) is 5. The van der Waals surface area contributed by atoms with Crippen LogP contribution in [0.1, 0.15) is 17.4 Å². The van der Waals surface area contributed by atoms with E-state index >= 15 is 0 Å². The third-order valence-corrected chi connectivity index (χ3v) is 3.92. The maximum absolute atomic E-state index is 8.36. The average molecular weight is 314 g/mol. The first kappa shape index (κ1) is 16.9. The van der Waals surface area contributed by atoms with E-state index in [-0.39, 0.29) is 6.47 Å². The second-order valence-corrected chi connectivity index (χ2v) is 5.42. The van der Waals surface area contributed by atoms with Crippen LogP contribution in [0.3, 0.4) is 0 Å². The Hall–Kier alpha value is -2.47. The van der Waals surface area contributed by atoms with Crippen molar-refractivity contribution in [3.63, 3.8) is 0 Å². The number of rotatable bonds is 2. The van der Waals surface area contributed by atoms with E-state index in [2.05, 4.69) is 57.1 Å². The van der Waals surface area contributed by atoms with Crippen molar-refractivity contribution in [2.75, 3.05) is 31.6 Å². The number of anilines is 1. The summed E-state index contributed by atoms with van der Waals surface area (Å²) >= 11 is 0. The molecule has 1 aliphatic heterocycles. The van der Waals surface area contributed by atoms with Crippen LogP contribution >= 0.6 is 0 Å². The molecule has 1 aromatic heterocycles. The van der Waals surface area contributed by atoms with Crippen LogP contribution in [0.5, 0.6) is 0 Å². The highest BCUT2D eigenvalue weighted by Gasteiger charge is 2.26. The molecule has 6 heteroatoms. The average Bonchev–Trinajstić information content (AvgIpc) is 2.57. The van der Waals surface area contributed by atoms with Crippen LogP contribution in [0.15, 0.2) is 42.6 Å². The lowest BCUT2D eigenvalue weighted by atomic mass is 10.0. The van der Waals surface area contributed by atoms with Crippen molar-refractivity contribution in [3.05, 3.63) is 54.0 Å². The molecule has 1 aliphatic rings. The van der Waals surface area contributed by atoms with Crippen LogP contribution in [0, 0.1) is 6.92 Å². The van der Waals surface area contributed by atoms with E-state index in [1.165, 1.54) is 5.56 Å². The minimum absolute atomic E-state index is 0.250. The summed E-state index contributed by atoms with van der Waals surface area (Å²) < 4.78 is 0. The zero-order chi connectivity index (χ0) is 16.7. The summed E-state index contributed by atoms with van der Waals surface area (Å²) in [6, 6.07) is 13.1. The van der Waals surface area contributed by atoms with Crippen molar-refractivity contribution in [3.8, 4) is 0 Å². The highest BCUT2D eigenvalue weighted by Crippen LogP contribution is 2.26. The van der Waals surface area contributed by atoms with Crippen LogP contribution < -0.4 is 4.90 Å². The molecule has 122 valence electrons. The second kappa shape index (κ2) is 8.24. The molecule has 0 radical (unpaired) electrons. The number of likely N-dealkylation sites (N-methyl/N-ethyl adjacent to an activating group) is 1. The Balaban J connectivity index is 0.000000595. The molecule has 1 atom stereocenters. The van der Waals surface area contributed by atoms with Gasteiger partial charge in [0.05, 0.1) is 6.04 Å². The van der Waals surface area contributed by atoms with Gasteiger partial charge in [0.1, 0.15) is 11.6 Å². The van der Waals surface area contributed by atoms with Gasteiger partial charge >= 0.3 is 0 Å². The van der Waals surface area contributed by atoms with Crippen LogP contribution in [0.2, 0.25) is 0 Å². The molecule has 2 aromatic rings. The lowest BCUT2D eigenvalue weighted by Gasteiger charge is -2.40. The quantitative estimate of drug-likeness (QED) is 0.855. The van der Waals surface area contributed by atoms with Crippen molar-refractivity contribution in [2.24, 2.45) is 0 Å². The van der Waals surface area contributed by atoms with E-state index in [0.717, 1.165) is 31.3 Å². The van der Waals surface area contributed by atoms with Crippen molar-refractivity contribution >= 4 is 12.3 Å². The number of aromatic nitrogens is 2. The molecule has 0 aliphatic carbocycles. The van der Waals surface area contributed by atoms with E-state index in [1.54, 1.807) is 0 Å². The van der Waals surface area contributed by atoms with Crippen molar-refractivity contribution in [1.29, 1.82) is 0 Å². The fourth-order valence-corrected chi connectivity index (χ4v) is 2.74. The zero-order valence-electron chi connectivity index (χ0n) is 13.5. The molecule has 1 aromatic carbocycles. The van der Waals surface area contributed by atoms with Gasteiger partial charge in [0, 0.05) is 25.8 Å². The van der Waals surface area contributed by atoms with Gasteiger partial charge in [0.2, 0.25) is 0 Å². The van der Waals surface area contributed by atoms with Crippen LogP contribution in [0.4, 0.5) is 5.82 Å². The summed E-state index contributed by atoms with van der Waals surface area (Å²) in [6.07, 6.45) is 1.84. The maximum atomic E-state index is 8.36. The van der Waals surface area contributed by atoms with E-state index < -0.39 is 0 Å². The summed E-state index contributed by atoms with van der Waals surface area (Å²) in [7, 11) is 2.19. The lowest BCUT2D eigenvalue weighted by Crippen LogP contribution is -2.47. The van der Waals surface area contributed by atoms with E-state index in [4.69, 9.17) is 9.90 Å². The number of piperazine rings is 1. The van der Waals surface area contributed by atoms with Crippen molar-refractivity contribution in [2.45, 2.75) is 13.0 Å². The van der Waals surface area contributed by atoms with E-state index in [9.17, 15) is 0 Å². The molecule has 0 saturated carbocycles. The molecule has 1 saturated heterocycles. The molecule has 1 N–H and O–H groups in total. The highest BCUT2D eigenvalue weighted by atomic mass is 16.3. The van der Waals surface area contributed by atoms with Gasteiger partial charge in [0.25, 0.3) is 6.47 Å². The van der Waals surface area contributed by atoms with Gasteiger partial charge in [0.15, 0.2) is 0 Å². The summed E-state index contributed by atoms with van der Waals surface area (Å²) in [5.74, 6) is 1.87. The first-order valence-electron chi connectivity index (χ1n) is 7.53. The number of carboxylic acid groups (broad SMARTS) is 1. The molecule has 1 unspecified atom stereocenters. The van der Waals surface area contributed by atoms with E-state index in [1.807, 2.05) is 19.2 Å². The molecule has 0 amide bonds. The minimum Gasteiger partial charge on any atom is -0.483 e. The molecular formula is C17H22N4O2. The van der Waals surface area contributed by atoms with Crippen LogP contribution in [-0.4, -0.2) is 53.1 Å². The topological polar surface area (TPSA) is 69.6 Å². The fraction of sp³-hybridized carbons (Fsp3) is 0.353. The number of carbonyl (C=O) groups is 1. The Morgan fingerprint density at radius 1 is 1.22 bits per heavy atom. The Bertz CT molecular complexity index is 621. The lowest BCUT2D eigenvalue weighted by molar-refractivity contribution is -0.122. The fourth-order valence-electron chi connectivity index (χ4n) is 2.74. The Labute approximate surface area is 136 Å². The molecular weight excluding hydrogens is 292 g/mol. The Kier molecular flexibility index (Phi) is 6.05. The van der Waals surface area contributed by atoms with E-state index in [0.29, 0.717) is 6.04 Å². The van der Waals surface area contributed by atoms with Gasteiger partial charge in [-0.1, -0.05) is 30.3 Å². The molecule has 23 heavy (non-hydrogen) atoms. The SMILES string of the molecule is Cc1nccc(N2CCN(C)C(c3ccccc3)C2)n1.O=CO. The first-order valence-corrected chi connectivity index (χ1v) is 7.53. The van der Waals surface area contributed by atoms with Crippen molar-refractivity contribution < 1.29 is 9.90 Å². The molecule has 3 rings (SSSR count). The predicted molar refractivity (Wildman–Crippen MR) is 89.5 cm³/mol. The summed E-state index contributed by atoms with van der Waals surface area (Å²) in [5, 5.41) is 6.89. The molecule has 0 bridgehead atoms. The third-order valence-electron chi connectivity index (χ3n) is 3.92.